The van der Waals surface area contributed by atoms with Gasteiger partial charge in [-0.3, -0.25) is 10.1 Å². The van der Waals surface area contributed by atoms with Crippen LogP contribution in [-0.2, 0) is 12.6 Å². The van der Waals surface area contributed by atoms with Gasteiger partial charge < -0.3 is 0 Å². The summed E-state index contributed by atoms with van der Waals surface area (Å²) in [5, 5.41) is 10.9. The third-order valence-corrected chi connectivity index (χ3v) is 2.78. The van der Waals surface area contributed by atoms with Gasteiger partial charge in [-0.1, -0.05) is 30.3 Å². The molecule has 2 rings (SSSR count). The highest BCUT2D eigenvalue weighted by molar-refractivity contribution is 5.48. The average Bonchev–Trinajstić information content (AvgIpc) is 2.38. The maximum Gasteiger partial charge on any atom is 0.417 e. The largest absolute Gasteiger partial charge is 0.417 e. The fourth-order valence-corrected chi connectivity index (χ4v) is 1.92. The van der Waals surface area contributed by atoms with Crippen LogP contribution in [0, 0.1) is 16.2 Å². The zero-order valence-electron chi connectivity index (χ0n) is 10.1. The number of alkyl halides is 3. The zero-order valence-corrected chi connectivity index (χ0v) is 10.1. The summed E-state index contributed by atoms with van der Waals surface area (Å²) in [5.74, 6) is 0. The van der Waals surface area contributed by atoms with E-state index in [2.05, 4.69) is 6.07 Å². The number of benzene rings is 2. The molecule has 0 saturated heterocycles. The standard InChI is InChI=1S/C14H9F3NO2/c15-14(16,17)12-7-4-8-13(18(19)20)11(12)9-10-5-2-1-3-6-10/h1-6,8H,9H2. The van der Waals surface area contributed by atoms with Crippen molar-refractivity contribution in [3.63, 3.8) is 0 Å². The van der Waals surface area contributed by atoms with Crippen LogP contribution in [0.5, 0.6) is 0 Å². The van der Waals surface area contributed by atoms with Crippen LogP contribution in [0.25, 0.3) is 0 Å². The Morgan fingerprint density at radius 1 is 1.15 bits per heavy atom. The molecule has 0 bridgehead atoms. The highest BCUT2D eigenvalue weighted by Gasteiger charge is 2.36. The van der Waals surface area contributed by atoms with Crippen molar-refractivity contribution in [1.82, 2.24) is 0 Å². The summed E-state index contributed by atoms with van der Waals surface area (Å²) < 4.78 is 38.8. The Morgan fingerprint density at radius 2 is 1.80 bits per heavy atom. The maximum atomic E-state index is 12.9. The van der Waals surface area contributed by atoms with Gasteiger partial charge in [0.15, 0.2) is 0 Å². The summed E-state index contributed by atoms with van der Waals surface area (Å²) in [6.45, 7) is 0. The first kappa shape index (κ1) is 14.0. The average molecular weight is 280 g/mol. The van der Waals surface area contributed by atoms with Crippen molar-refractivity contribution in [1.29, 1.82) is 0 Å². The Morgan fingerprint density at radius 3 is 2.35 bits per heavy atom. The molecule has 0 heterocycles. The smallest absolute Gasteiger partial charge is 0.258 e. The number of nitro groups is 1. The van der Waals surface area contributed by atoms with E-state index >= 15 is 0 Å². The summed E-state index contributed by atoms with van der Waals surface area (Å²) in [7, 11) is 0. The Bertz CT molecular complexity index is 624. The van der Waals surface area contributed by atoms with Crippen molar-refractivity contribution in [2.45, 2.75) is 12.6 Å². The van der Waals surface area contributed by atoms with Gasteiger partial charge in [-0.25, -0.2) is 0 Å². The normalized spacial score (nSPS) is 11.3. The predicted molar refractivity (Wildman–Crippen MR) is 66.2 cm³/mol. The van der Waals surface area contributed by atoms with Gasteiger partial charge >= 0.3 is 6.18 Å². The second-order valence-corrected chi connectivity index (χ2v) is 4.13. The Balaban J connectivity index is 2.56. The predicted octanol–water partition coefficient (Wildman–Crippen LogP) is 4.00. The Labute approximate surface area is 112 Å². The first-order chi connectivity index (χ1) is 9.39. The van der Waals surface area contributed by atoms with Crippen LogP contribution in [-0.4, -0.2) is 4.92 Å². The van der Waals surface area contributed by atoms with Crippen molar-refractivity contribution in [2.24, 2.45) is 0 Å². The van der Waals surface area contributed by atoms with E-state index in [1.807, 2.05) is 0 Å². The number of nitro benzene ring substituents is 1. The number of rotatable bonds is 3. The zero-order chi connectivity index (χ0) is 14.8. The van der Waals surface area contributed by atoms with Gasteiger partial charge in [-0.2, -0.15) is 13.2 Å². The monoisotopic (exact) mass is 280 g/mol. The van der Waals surface area contributed by atoms with E-state index in [1.54, 1.807) is 30.3 Å². The van der Waals surface area contributed by atoms with E-state index in [1.165, 1.54) is 0 Å². The second-order valence-electron chi connectivity index (χ2n) is 4.13. The van der Waals surface area contributed by atoms with Crippen LogP contribution in [0.15, 0.2) is 42.5 Å². The molecule has 2 aromatic carbocycles. The lowest BCUT2D eigenvalue weighted by Gasteiger charge is -2.12. The fourth-order valence-electron chi connectivity index (χ4n) is 1.92. The van der Waals surface area contributed by atoms with Gasteiger partial charge in [-0.05, 0) is 17.7 Å². The molecular weight excluding hydrogens is 271 g/mol. The van der Waals surface area contributed by atoms with E-state index in [9.17, 15) is 23.3 Å². The van der Waals surface area contributed by atoms with Gasteiger partial charge in [0.05, 0.1) is 10.5 Å². The topological polar surface area (TPSA) is 43.1 Å². The molecule has 0 spiro atoms. The summed E-state index contributed by atoms with van der Waals surface area (Å²) in [4.78, 5) is 10.1. The van der Waals surface area contributed by atoms with E-state index in [-0.39, 0.29) is 12.0 Å². The van der Waals surface area contributed by atoms with Crippen molar-refractivity contribution in [3.8, 4) is 0 Å². The molecule has 0 atom stereocenters. The van der Waals surface area contributed by atoms with Gasteiger partial charge in [-0.15, -0.1) is 0 Å². The summed E-state index contributed by atoms with van der Waals surface area (Å²) in [6.07, 6.45) is -4.83. The van der Waals surface area contributed by atoms with Crippen molar-refractivity contribution >= 4 is 5.69 Å². The molecule has 1 radical (unpaired) electrons. The number of halogens is 3. The fraction of sp³-hybridized carbons (Fsp3) is 0.143. The third-order valence-electron chi connectivity index (χ3n) is 2.78. The van der Waals surface area contributed by atoms with Crippen LogP contribution in [0.2, 0.25) is 0 Å². The SMILES string of the molecule is O=[N+]([O-])c1cc[c]c(C(F)(F)F)c1Cc1ccccc1. The molecule has 0 N–H and O–H groups in total. The molecule has 20 heavy (non-hydrogen) atoms. The molecule has 3 nitrogen and oxygen atoms in total. The van der Waals surface area contributed by atoms with Gasteiger partial charge in [0, 0.05) is 18.1 Å². The lowest BCUT2D eigenvalue weighted by atomic mass is 9.97. The minimum atomic E-state index is -4.67. The maximum absolute atomic E-state index is 12.9. The van der Waals surface area contributed by atoms with E-state index < -0.39 is 22.4 Å². The molecule has 0 unspecified atom stereocenters. The van der Waals surface area contributed by atoms with Gasteiger partial charge in [0.2, 0.25) is 0 Å². The van der Waals surface area contributed by atoms with Gasteiger partial charge in [0.1, 0.15) is 0 Å². The van der Waals surface area contributed by atoms with Crippen molar-refractivity contribution in [2.75, 3.05) is 0 Å². The van der Waals surface area contributed by atoms with Crippen molar-refractivity contribution < 1.29 is 18.1 Å². The van der Waals surface area contributed by atoms with Crippen LogP contribution in [0.3, 0.4) is 0 Å². The quantitative estimate of drug-likeness (QED) is 0.630. The van der Waals surface area contributed by atoms with Crippen LogP contribution >= 0.6 is 0 Å². The Kier molecular flexibility index (Phi) is 3.74. The van der Waals surface area contributed by atoms with Gasteiger partial charge in [0.25, 0.3) is 5.69 Å². The molecule has 0 aromatic heterocycles. The lowest BCUT2D eigenvalue weighted by Crippen LogP contribution is -2.11. The van der Waals surface area contributed by atoms with E-state index in [0.29, 0.717) is 5.56 Å². The molecular formula is C14H9F3NO2. The molecule has 2 aromatic rings. The number of nitrogens with zero attached hydrogens (tertiary/aromatic N) is 1. The molecule has 0 saturated carbocycles. The summed E-state index contributed by atoms with van der Waals surface area (Å²) in [6, 6.07) is 12.3. The molecule has 0 fully saturated rings. The number of hydrogen-bond donors (Lipinski definition) is 0. The van der Waals surface area contributed by atoms with Crippen molar-refractivity contribution in [3.05, 3.63) is 75.3 Å². The highest BCUT2D eigenvalue weighted by Crippen LogP contribution is 2.36. The van der Waals surface area contributed by atoms with E-state index in [0.717, 1.165) is 12.1 Å². The highest BCUT2D eigenvalue weighted by atomic mass is 19.4. The first-order valence-electron chi connectivity index (χ1n) is 5.68. The molecule has 0 aliphatic rings. The van der Waals surface area contributed by atoms with Crippen LogP contribution in [0.1, 0.15) is 16.7 Å². The van der Waals surface area contributed by atoms with E-state index in [4.69, 9.17) is 0 Å². The molecule has 103 valence electrons. The third kappa shape index (κ3) is 2.96. The minimum absolute atomic E-state index is 0.163. The molecule has 0 aliphatic carbocycles. The second kappa shape index (κ2) is 5.32. The Hall–Kier alpha value is -2.37. The molecule has 6 heteroatoms. The molecule has 0 aliphatic heterocycles. The minimum Gasteiger partial charge on any atom is -0.258 e. The van der Waals surface area contributed by atoms with Crippen LogP contribution in [0.4, 0.5) is 18.9 Å². The number of hydrogen-bond acceptors (Lipinski definition) is 2. The first-order valence-corrected chi connectivity index (χ1v) is 5.68. The lowest BCUT2D eigenvalue weighted by molar-refractivity contribution is -0.385. The van der Waals surface area contributed by atoms with Crippen LogP contribution < -0.4 is 0 Å². The summed E-state index contributed by atoms with van der Waals surface area (Å²) in [5.41, 5.74) is -1.42. The molecule has 0 amide bonds. The summed E-state index contributed by atoms with van der Waals surface area (Å²) >= 11 is 0.